The van der Waals surface area contributed by atoms with Gasteiger partial charge in [0, 0.05) is 11.4 Å². The lowest BCUT2D eigenvalue weighted by Gasteiger charge is -2.09. The third-order valence-electron chi connectivity index (χ3n) is 3.73. The number of nitrogens with one attached hydrogen (secondary N) is 2. The van der Waals surface area contributed by atoms with Crippen molar-refractivity contribution in [1.29, 1.82) is 0 Å². The van der Waals surface area contributed by atoms with Crippen LogP contribution < -0.4 is 15.4 Å². The molecule has 0 radical (unpaired) electrons. The van der Waals surface area contributed by atoms with E-state index in [0.29, 0.717) is 33.2 Å². The first-order valence-electron chi connectivity index (χ1n) is 8.48. The molecule has 3 rings (SSSR count). The maximum Gasteiger partial charge on any atom is 0.240 e. The summed E-state index contributed by atoms with van der Waals surface area (Å²) in [6, 6.07) is 12.0. The van der Waals surface area contributed by atoms with Gasteiger partial charge in [-0.05, 0) is 49.4 Å². The first-order valence-corrected chi connectivity index (χ1v) is 10.1. The molecular formula is C19H17Cl2N3O3S. The molecule has 0 aromatic heterocycles. The normalized spacial score (nSPS) is 17.5. The van der Waals surface area contributed by atoms with Crippen LogP contribution in [0.5, 0.6) is 5.75 Å². The number of thioether (sulfide) groups is 1. The number of benzene rings is 2. The van der Waals surface area contributed by atoms with Crippen LogP contribution in [0.3, 0.4) is 0 Å². The molecule has 1 aliphatic heterocycles. The van der Waals surface area contributed by atoms with Gasteiger partial charge in [-0.25, -0.2) is 4.99 Å². The van der Waals surface area contributed by atoms with E-state index < -0.39 is 5.25 Å². The summed E-state index contributed by atoms with van der Waals surface area (Å²) in [5, 5.41) is 6.09. The fourth-order valence-electron chi connectivity index (χ4n) is 2.45. The summed E-state index contributed by atoms with van der Waals surface area (Å²) < 4.78 is 5.39. The van der Waals surface area contributed by atoms with E-state index in [2.05, 4.69) is 15.6 Å². The smallest absolute Gasteiger partial charge is 0.240 e. The average Bonchev–Trinajstić information content (AvgIpc) is 2.98. The summed E-state index contributed by atoms with van der Waals surface area (Å²) in [4.78, 5) is 28.8. The Hall–Kier alpha value is -2.22. The monoisotopic (exact) mass is 437 g/mol. The number of amides is 2. The van der Waals surface area contributed by atoms with Gasteiger partial charge in [-0.15, -0.1) is 0 Å². The average molecular weight is 438 g/mol. The van der Waals surface area contributed by atoms with Crippen molar-refractivity contribution in [3.63, 3.8) is 0 Å². The van der Waals surface area contributed by atoms with Gasteiger partial charge in [-0.2, -0.15) is 0 Å². The number of hydrogen-bond donors (Lipinski definition) is 2. The SMILES string of the molecule is CCOc1ccc(N=C2NC(=O)[C@@H](CC(=O)Nc3ccc(Cl)cc3Cl)S2)cc1. The quantitative estimate of drug-likeness (QED) is 0.689. The first kappa shape index (κ1) is 20.5. The maximum atomic E-state index is 12.3. The van der Waals surface area contributed by atoms with Crippen molar-refractivity contribution < 1.29 is 14.3 Å². The molecule has 1 fully saturated rings. The highest BCUT2D eigenvalue weighted by molar-refractivity contribution is 8.15. The number of halogens is 2. The summed E-state index contributed by atoms with van der Waals surface area (Å²) in [6.45, 7) is 2.50. The number of nitrogens with zero attached hydrogens (tertiary/aromatic N) is 1. The lowest BCUT2D eigenvalue weighted by atomic mass is 10.2. The van der Waals surface area contributed by atoms with E-state index in [1.54, 1.807) is 24.3 Å². The number of amidine groups is 1. The van der Waals surface area contributed by atoms with Gasteiger partial charge in [-0.3, -0.25) is 9.59 Å². The zero-order chi connectivity index (χ0) is 20.1. The van der Waals surface area contributed by atoms with Crippen molar-refractivity contribution in [3.8, 4) is 5.75 Å². The summed E-state index contributed by atoms with van der Waals surface area (Å²) in [5.74, 6) is 0.177. The number of anilines is 1. The predicted molar refractivity (Wildman–Crippen MR) is 114 cm³/mol. The number of rotatable bonds is 6. The van der Waals surface area contributed by atoms with Crippen LogP contribution in [0.15, 0.2) is 47.5 Å². The van der Waals surface area contributed by atoms with Crippen molar-refractivity contribution in [1.82, 2.24) is 5.32 Å². The van der Waals surface area contributed by atoms with E-state index >= 15 is 0 Å². The lowest BCUT2D eigenvalue weighted by molar-refractivity contribution is -0.122. The Morgan fingerprint density at radius 1 is 1.25 bits per heavy atom. The van der Waals surface area contributed by atoms with E-state index in [0.717, 1.165) is 5.75 Å². The molecule has 6 nitrogen and oxygen atoms in total. The van der Waals surface area contributed by atoms with Crippen LogP contribution in [0.2, 0.25) is 10.0 Å². The number of hydrogen-bond acceptors (Lipinski definition) is 5. The highest BCUT2D eigenvalue weighted by atomic mass is 35.5. The zero-order valence-corrected chi connectivity index (χ0v) is 17.2. The molecule has 2 N–H and O–H groups in total. The fourth-order valence-corrected chi connectivity index (χ4v) is 3.90. The summed E-state index contributed by atoms with van der Waals surface area (Å²) in [5.41, 5.74) is 1.13. The molecule has 2 aromatic carbocycles. The second-order valence-electron chi connectivity index (χ2n) is 5.82. The Morgan fingerprint density at radius 2 is 2.00 bits per heavy atom. The molecule has 1 heterocycles. The van der Waals surface area contributed by atoms with Gasteiger partial charge in [0.05, 0.1) is 23.0 Å². The van der Waals surface area contributed by atoms with Crippen molar-refractivity contribution >= 4 is 63.3 Å². The molecule has 146 valence electrons. The number of aliphatic imine (C=N–C) groups is 1. The summed E-state index contributed by atoms with van der Waals surface area (Å²) in [7, 11) is 0. The number of carbonyl (C=O) groups is 2. The molecule has 1 saturated heterocycles. The van der Waals surface area contributed by atoms with Gasteiger partial charge >= 0.3 is 0 Å². The zero-order valence-electron chi connectivity index (χ0n) is 14.9. The summed E-state index contributed by atoms with van der Waals surface area (Å²) in [6.07, 6.45) is -0.00223. The van der Waals surface area contributed by atoms with Crippen LogP contribution >= 0.6 is 35.0 Å². The van der Waals surface area contributed by atoms with Crippen LogP contribution in [-0.2, 0) is 9.59 Å². The van der Waals surface area contributed by atoms with Gasteiger partial charge in [0.15, 0.2) is 5.17 Å². The molecule has 0 bridgehead atoms. The van der Waals surface area contributed by atoms with Gasteiger partial charge in [0.1, 0.15) is 11.0 Å². The topological polar surface area (TPSA) is 79.8 Å². The Morgan fingerprint density at radius 3 is 2.68 bits per heavy atom. The highest BCUT2D eigenvalue weighted by Gasteiger charge is 2.32. The van der Waals surface area contributed by atoms with Crippen molar-refractivity contribution in [2.75, 3.05) is 11.9 Å². The molecule has 2 aromatic rings. The largest absolute Gasteiger partial charge is 0.494 e. The molecular weight excluding hydrogens is 421 g/mol. The second kappa shape index (κ2) is 9.32. The van der Waals surface area contributed by atoms with Crippen molar-refractivity contribution in [2.45, 2.75) is 18.6 Å². The summed E-state index contributed by atoms with van der Waals surface area (Å²) >= 11 is 13.1. The predicted octanol–water partition coefficient (Wildman–Crippen LogP) is 4.64. The van der Waals surface area contributed by atoms with Crippen LogP contribution in [-0.4, -0.2) is 28.8 Å². The molecule has 0 aliphatic carbocycles. The minimum Gasteiger partial charge on any atom is -0.494 e. The van der Waals surface area contributed by atoms with Crippen LogP contribution in [0.25, 0.3) is 0 Å². The standard InChI is InChI=1S/C19H17Cl2N3O3S/c1-2-27-13-6-4-12(5-7-13)22-19-24-18(26)16(28-19)10-17(25)23-15-8-3-11(20)9-14(15)21/h3-9,16H,2,10H2,1H3,(H,23,25)(H,22,24,26)/t16-/m1/s1. The molecule has 0 unspecified atom stereocenters. The molecule has 2 amide bonds. The minimum absolute atomic E-state index is 0.00223. The Labute approximate surface area is 176 Å². The number of carbonyl (C=O) groups excluding carboxylic acids is 2. The first-order chi connectivity index (χ1) is 13.4. The molecule has 28 heavy (non-hydrogen) atoms. The second-order valence-corrected chi connectivity index (χ2v) is 7.85. The van der Waals surface area contributed by atoms with E-state index in [4.69, 9.17) is 27.9 Å². The maximum absolute atomic E-state index is 12.3. The fraction of sp³-hybridized carbons (Fsp3) is 0.211. The molecule has 1 aliphatic rings. The van der Waals surface area contributed by atoms with Crippen LogP contribution in [0, 0.1) is 0 Å². The third-order valence-corrected chi connectivity index (χ3v) is 5.36. The van der Waals surface area contributed by atoms with Gasteiger partial charge in [0.2, 0.25) is 11.8 Å². The Kier molecular flexibility index (Phi) is 6.83. The highest BCUT2D eigenvalue weighted by Crippen LogP contribution is 2.28. The van der Waals surface area contributed by atoms with Crippen LogP contribution in [0.1, 0.15) is 13.3 Å². The van der Waals surface area contributed by atoms with Crippen LogP contribution in [0.4, 0.5) is 11.4 Å². The van der Waals surface area contributed by atoms with E-state index in [-0.39, 0.29) is 18.2 Å². The third kappa shape index (κ3) is 5.41. The molecule has 9 heteroatoms. The lowest BCUT2D eigenvalue weighted by Crippen LogP contribution is -2.28. The minimum atomic E-state index is -0.562. The van der Waals surface area contributed by atoms with Crippen molar-refractivity contribution in [2.24, 2.45) is 4.99 Å². The van der Waals surface area contributed by atoms with Gasteiger partial charge in [-0.1, -0.05) is 35.0 Å². The van der Waals surface area contributed by atoms with Gasteiger partial charge < -0.3 is 15.4 Å². The van der Waals surface area contributed by atoms with Gasteiger partial charge in [0.25, 0.3) is 0 Å². The molecule has 0 spiro atoms. The van der Waals surface area contributed by atoms with Crippen molar-refractivity contribution in [3.05, 3.63) is 52.5 Å². The number of ether oxygens (including phenoxy) is 1. The Balaban J connectivity index is 1.60. The van der Waals surface area contributed by atoms with E-state index in [1.807, 2.05) is 19.1 Å². The Bertz CT molecular complexity index is 919. The molecule has 0 saturated carbocycles. The van der Waals surface area contributed by atoms with E-state index in [9.17, 15) is 9.59 Å². The molecule has 1 atom stereocenters. The van der Waals surface area contributed by atoms with E-state index in [1.165, 1.54) is 17.8 Å².